The normalized spacial score (nSPS) is 10.8. The molecule has 2 heterocycles. The Morgan fingerprint density at radius 2 is 2.10 bits per heavy atom. The lowest BCUT2D eigenvalue weighted by atomic mass is 10.2. The fourth-order valence-corrected chi connectivity index (χ4v) is 2.16. The zero-order valence-corrected chi connectivity index (χ0v) is 11.3. The quantitative estimate of drug-likeness (QED) is 0.693. The summed E-state index contributed by atoms with van der Waals surface area (Å²) in [6.45, 7) is 0.192. The molecule has 0 unspecified atom stereocenters. The monoisotopic (exact) mass is 285 g/mol. The fraction of sp³-hybridized carbons (Fsp3) is 0.133. The highest BCUT2D eigenvalue weighted by atomic mass is 19.1. The lowest BCUT2D eigenvalue weighted by molar-refractivity contribution is 0.0595. The van der Waals surface area contributed by atoms with E-state index in [-0.39, 0.29) is 18.1 Å². The number of ether oxygens (including phenoxy) is 1. The standard InChI is InChI=1S/C15H12FN3O2/c1-21-15(20)13-11-6-4-8-17-14(11)19(18-13)9-10-5-2-3-7-12(10)16/h2-8H,9H2,1H3. The first-order valence-corrected chi connectivity index (χ1v) is 6.34. The van der Waals surface area contributed by atoms with Crippen LogP contribution in [0.2, 0.25) is 0 Å². The van der Waals surface area contributed by atoms with Gasteiger partial charge in [0.15, 0.2) is 11.3 Å². The average Bonchev–Trinajstić information content (AvgIpc) is 2.88. The highest BCUT2D eigenvalue weighted by Crippen LogP contribution is 2.19. The van der Waals surface area contributed by atoms with Gasteiger partial charge in [0.05, 0.1) is 19.0 Å². The van der Waals surface area contributed by atoms with Crippen molar-refractivity contribution in [1.82, 2.24) is 14.8 Å². The number of hydrogen-bond acceptors (Lipinski definition) is 4. The van der Waals surface area contributed by atoms with Crippen molar-refractivity contribution in [3.8, 4) is 0 Å². The Morgan fingerprint density at radius 3 is 2.86 bits per heavy atom. The largest absolute Gasteiger partial charge is 0.464 e. The number of esters is 1. The van der Waals surface area contributed by atoms with E-state index in [4.69, 9.17) is 4.74 Å². The zero-order valence-electron chi connectivity index (χ0n) is 11.3. The Bertz CT molecular complexity index is 814. The van der Waals surface area contributed by atoms with Crippen LogP contribution in [-0.2, 0) is 11.3 Å². The van der Waals surface area contributed by atoms with Crippen LogP contribution in [0, 0.1) is 5.82 Å². The van der Waals surface area contributed by atoms with E-state index in [9.17, 15) is 9.18 Å². The number of rotatable bonds is 3. The van der Waals surface area contributed by atoms with Gasteiger partial charge in [-0.3, -0.25) is 0 Å². The number of carbonyl (C=O) groups is 1. The third-order valence-electron chi connectivity index (χ3n) is 3.16. The average molecular weight is 285 g/mol. The number of carbonyl (C=O) groups excluding carboxylic acids is 1. The van der Waals surface area contributed by atoms with Crippen molar-refractivity contribution in [3.05, 3.63) is 59.7 Å². The maximum atomic E-state index is 13.8. The molecule has 0 bridgehead atoms. The summed E-state index contributed by atoms with van der Waals surface area (Å²) in [5, 5.41) is 4.79. The highest BCUT2D eigenvalue weighted by molar-refractivity contribution is 6.00. The van der Waals surface area contributed by atoms with Gasteiger partial charge in [0.1, 0.15) is 5.82 Å². The molecule has 0 amide bonds. The number of halogens is 1. The van der Waals surface area contributed by atoms with Crippen LogP contribution < -0.4 is 0 Å². The minimum absolute atomic E-state index is 0.178. The Kier molecular flexibility index (Phi) is 3.35. The molecule has 6 heteroatoms. The number of aromatic nitrogens is 3. The second-order valence-electron chi connectivity index (χ2n) is 4.46. The second-order valence-corrected chi connectivity index (χ2v) is 4.46. The molecular weight excluding hydrogens is 273 g/mol. The summed E-state index contributed by atoms with van der Waals surface area (Å²) in [4.78, 5) is 16.0. The lowest BCUT2D eigenvalue weighted by Crippen LogP contribution is -2.07. The van der Waals surface area contributed by atoms with Crippen LogP contribution in [0.1, 0.15) is 16.1 Å². The molecule has 0 saturated heterocycles. The molecule has 0 N–H and O–H groups in total. The molecule has 0 radical (unpaired) electrons. The molecule has 106 valence electrons. The van der Waals surface area contributed by atoms with Crippen molar-refractivity contribution in [1.29, 1.82) is 0 Å². The molecule has 21 heavy (non-hydrogen) atoms. The summed E-state index contributed by atoms with van der Waals surface area (Å²) >= 11 is 0. The number of methoxy groups -OCH3 is 1. The number of nitrogens with zero attached hydrogens (tertiary/aromatic N) is 3. The molecule has 0 atom stereocenters. The van der Waals surface area contributed by atoms with Gasteiger partial charge in [0.25, 0.3) is 0 Å². The van der Waals surface area contributed by atoms with E-state index in [0.717, 1.165) is 0 Å². The molecule has 2 aromatic heterocycles. The molecule has 3 rings (SSSR count). The fourth-order valence-electron chi connectivity index (χ4n) is 2.16. The molecule has 1 aromatic carbocycles. The van der Waals surface area contributed by atoms with Crippen LogP contribution in [0.15, 0.2) is 42.6 Å². The Balaban J connectivity index is 2.11. The number of fused-ring (bicyclic) bond motifs is 1. The molecule has 0 aliphatic heterocycles. The van der Waals surface area contributed by atoms with Crippen LogP contribution in [-0.4, -0.2) is 27.8 Å². The minimum Gasteiger partial charge on any atom is -0.464 e. The van der Waals surface area contributed by atoms with Crippen molar-refractivity contribution < 1.29 is 13.9 Å². The molecule has 0 spiro atoms. The molecule has 0 saturated carbocycles. The number of hydrogen-bond donors (Lipinski definition) is 0. The molecule has 3 aromatic rings. The van der Waals surface area contributed by atoms with Gasteiger partial charge in [-0.1, -0.05) is 18.2 Å². The number of pyridine rings is 1. The summed E-state index contributed by atoms with van der Waals surface area (Å²) in [5.74, 6) is -0.864. The Hall–Kier alpha value is -2.76. The van der Waals surface area contributed by atoms with Gasteiger partial charge in [-0.25, -0.2) is 18.9 Å². The van der Waals surface area contributed by atoms with Crippen molar-refractivity contribution >= 4 is 17.0 Å². The van der Waals surface area contributed by atoms with Crippen molar-refractivity contribution in [2.45, 2.75) is 6.54 Å². The summed E-state index contributed by atoms with van der Waals surface area (Å²) < 4.78 is 20.0. The van der Waals surface area contributed by atoms with E-state index in [1.54, 1.807) is 36.5 Å². The molecule has 5 nitrogen and oxygen atoms in total. The van der Waals surface area contributed by atoms with Crippen molar-refractivity contribution in [3.63, 3.8) is 0 Å². The molecule has 0 fully saturated rings. The highest BCUT2D eigenvalue weighted by Gasteiger charge is 2.18. The van der Waals surface area contributed by atoms with Gasteiger partial charge < -0.3 is 4.74 Å². The summed E-state index contributed by atoms with van der Waals surface area (Å²) in [6.07, 6.45) is 1.60. The third-order valence-corrected chi connectivity index (χ3v) is 3.16. The van der Waals surface area contributed by atoms with Gasteiger partial charge in [0, 0.05) is 11.8 Å². The van der Waals surface area contributed by atoms with E-state index < -0.39 is 5.97 Å². The van der Waals surface area contributed by atoms with Crippen LogP contribution in [0.3, 0.4) is 0 Å². The van der Waals surface area contributed by atoms with Gasteiger partial charge in [-0.2, -0.15) is 5.10 Å². The van der Waals surface area contributed by atoms with E-state index >= 15 is 0 Å². The van der Waals surface area contributed by atoms with Crippen molar-refractivity contribution in [2.24, 2.45) is 0 Å². The zero-order chi connectivity index (χ0) is 14.8. The predicted octanol–water partition coefficient (Wildman–Crippen LogP) is 2.41. The first-order valence-electron chi connectivity index (χ1n) is 6.34. The molecule has 0 aliphatic carbocycles. The van der Waals surface area contributed by atoms with Crippen molar-refractivity contribution in [2.75, 3.05) is 7.11 Å². The summed E-state index contributed by atoms with van der Waals surface area (Å²) in [6, 6.07) is 9.87. The van der Waals surface area contributed by atoms with Gasteiger partial charge >= 0.3 is 5.97 Å². The van der Waals surface area contributed by atoms with Gasteiger partial charge in [0.2, 0.25) is 0 Å². The van der Waals surface area contributed by atoms with Crippen LogP contribution in [0.5, 0.6) is 0 Å². The van der Waals surface area contributed by atoms with Crippen LogP contribution >= 0.6 is 0 Å². The minimum atomic E-state index is -0.541. The Labute approximate surface area is 120 Å². The third kappa shape index (κ3) is 2.35. The van der Waals surface area contributed by atoms with E-state index in [2.05, 4.69) is 10.1 Å². The molecular formula is C15H12FN3O2. The maximum Gasteiger partial charge on any atom is 0.359 e. The molecule has 0 aliphatic rings. The van der Waals surface area contributed by atoms with E-state index in [1.807, 2.05) is 0 Å². The number of benzene rings is 1. The van der Waals surface area contributed by atoms with E-state index in [0.29, 0.717) is 16.6 Å². The predicted molar refractivity (Wildman–Crippen MR) is 74.4 cm³/mol. The topological polar surface area (TPSA) is 57.0 Å². The van der Waals surface area contributed by atoms with E-state index in [1.165, 1.54) is 17.9 Å². The van der Waals surface area contributed by atoms with Gasteiger partial charge in [-0.15, -0.1) is 0 Å². The van der Waals surface area contributed by atoms with Crippen LogP contribution in [0.25, 0.3) is 11.0 Å². The Morgan fingerprint density at radius 1 is 1.29 bits per heavy atom. The first kappa shape index (κ1) is 13.2. The van der Waals surface area contributed by atoms with Gasteiger partial charge in [-0.05, 0) is 18.2 Å². The van der Waals surface area contributed by atoms with Crippen LogP contribution in [0.4, 0.5) is 4.39 Å². The summed E-state index contributed by atoms with van der Waals surface area (Å²) in [7, 11) is 1.29. The smallest absolute Gasteiger partial charge is 0.359 e. The SMILES string of the molecule is COC(=O)c1nn(Cc2ccccc2F)c2ncccc12. The lowest BCUT2D eigenvalue weighted by Gasteiger charge is -2.04. The second kappa shape index (κ2) is 5.32. The summed E-state index contributed by atoms with van der Waals surface area (Å²) in [5.41, 5.74) is 1.17. The first-order chi connectivity index (χ1) is 10.2. The maximum absolute atomic E-state index is 13.8.